The van der Waals surface area contributed by atoms with Crippen LogP contribution in [0, 0.1) is 0 Å². The fourth-order valence-electron chi connectivity index (χ4n) is 4.54. The van der Waals surface area contributed by atoms with Gasteiger partial charge in [-0.15, -0.1) is 0 Å². The van der Waals surface area contributed by atoms with Crippen LogP contribution in [0.1, 0.15) is 49.2 Å². The Morgan fingerprint density at radius 2 is 2.00 bits per heavy atom. The van der Waals surface area contributed by atoms with E-state index in [1.54, 1.807) is 0 Å². The van der Waals surface area contributed by atoms with Gasteiger partial charge in [0, 0.05) is 35.6 Å². The Labute approximate surface area is 176 Å². The van der Waals surface area contributed by atoms with Gasteiger partial charge in [0.05, 0.1) is 11.2 Å². The number of hydrogen-bond donors (Lipinski definition) is 3. The molecule has 3 N–H and O–H groups in total. The summed E-state index contributed by atoms with van der Waals surface area (Å²) >= 11 is 0. The Hall–Kier alpha value is -2.99. The molecular weight excluding hydrogens is 372 g/mol. The van der Waals surface area contributed by atoms with Crippen LogP contribution in [0.15, 0.2) is 30.6 Å². The third-order valence-electron chi connectivity index (χ3n) is 6.12. The summed E-state index contributed by atoms with van der Waals surface area (Å²) in [5.74, 6) is 0.875. The van der Waals surface area contributed by atoms with Crippen LogP contribution in [0.2, 0.25) is 0 Å². The maximum atomic E-state index is 4.87. The van der Waals surface area contributed by atoms with Crippen molar-refractivity contribution in [1.29, 1.82) is 0 Å². The molecular formula is C24H28N6. The topological polar surface area (TPSA) is 82.3 Å². The van der Waals surface area contributed by atoms with E-state index in [1.165, 1.54) is 46.5 Å². The molecule has 30 heavy (non-hydrogen) atoms. The van der Waals surface area contributed by atoms with Crippen molar-refractivity contribution in [1.82, 2.24) is 30.5 Å². The molecule has 0 atom stereocenters. The standard InChI is InChI=1S/C24H28N6/c1-3-17-16(12-25-4-2)13-26-14-19(17)15-9-10-20-18(11-15)23(30-29-20)24-27-21-7-5-6-8-22(21)28-24/h9-11,13-14,25H,3-8,12H2,1-2H3,(H,27,28)(H,29,30). The molecule has 1 aliphatic rings. The number of aromatic nitrogens is 5. The van der Waals surface area contributed by atoms with Gasteiger partial charge >= 0.3 is 0 Å². The highest BCUT2D eigenvalue weighted by Crippen LogP contribution is 2.33. The predicted octanol–water partition coefficient (Wildman–Crippen LogP) is 4.57. The summed E-state index contributed by atoms with van der Waals surface area (Å²) in [6, 6.07) is 6.49. The van der Waals surface area contributed by atoms with Gasteiger partial charge in [0.15, 0.2) is 5.82 Å². The molecule has 0 fully saturated rings. The van der Waals surface area contributed by atoms with Crippen molar-refractivity contribution < 1.29 is 0 Å². The summed E-state index contributed by atoms with van der Waals surface area (Å²) in [5, 5.41) is 12.3. The van der Waals surface area contributed by atoms with Gasteiger partial charge in [-0.3, -0.25) is 10.1 Å². The van der Waals surface area contributed by atoms with E-state index in [0.717, 1.165) is 54.8 Å². The second-order valence-electron chi connectivity index (χ2n) is 8.01. The Balaban J connectivity index is 1.59. The van der Waals surface area contributed by atoms with Gasteiger partial charge in [-0.2, -0.15) is 5.10 Å². The van der Waals surface area contributed by atoms with E-state index in [2.05, 4.69) is 57.5 Å². The minimum absolute atomic E-state index is 0.845. The number of rotatable bonds is 6. The number of benzene rings is 1. The average molecular weight is 401 g/mol. The molecule has 6 heteroatoms. The second-order valence-corrected chi connectivity index (χ2v) is 8.01. The van der Waals surface area contributed by atoms with Crippen LogP contribution in [0.5, 0.6) is 0 Å². The summed E-state index contributed by atoms with van der Waals surface area (Å²) in [4.78, 5) is 12.9. The molecule has 0 spiro atoms. The third kappa shape index (κ3) is 3.31. The SMILES string of the molecule is CCNCc1cncc(-c2ccc3[nH]nc(-c4nc5c([nH]4)CCCC5)c3c2)c1CC. The fourth-order valence-corrected chi connectivity index (χ4v) is 4.54. The predicted molar refractivity (Wildman–Crippen MR) is 120 cm³/mol. The Kier molecular flexibility index (Phi) is 5.09. The number of nitrogens with one attached hydrogen (secondary N) is 3. The maximum absolute atomic E-state index is 4.87. The van der Waals surface area contributed by atoms with Crippen LogP contribution in [0.4, 0.5) is 0 Å². The van der Waals surface area contributed by atoms with Gasteiger partial charge in [0.2, 0.25) is 0 Å². The molecule has 5 rings (SSSR count). The quantitative estimate of drug-likeness (QED) is 0.443. The lowest BCUT2D eigenvalue weighted by Crippen LogP contribution is -2.14. The van der Waals surface area contributed by atoms with Crippen molar-refractivity contribution in [2.75, 3.05) is 6.54 Å². The van der Waals surface area contributed by atoms with Gasteiger partial charge in [-0.05, 0) is 67.5 Å². The Morgan fingerprint density at radius 1 is 1.10 bits per heavy atom. The zero-order valence-electron chi connectivity index (χ0n) is 17.7. The van der Waals surface area contributed by atoms with E-state index in [-0.39, 0.29) is 0 Å². The normalized spacial score (nSPS) is 13.7. The van der Waals surface area contributed by atoms with Gasteiger partial charge in [0.1, 0.15) is 5.69 Å². The second kappa shape index (κ2) is 8.03. The van der Waals surface area contributed by atoms with Crippen LogP contribution in [-0.2, 0) is 25.8 Å². The zero-order valence-corrected chi connectivity index (χ0v) is 17.7. The average Bonchev–Trinajstić information content (AvgIpc) is 3.40. The monoisotopic (exact) mass is 400 g/mol. The third-order valence-corrected chi connectivity index (χ3v) is 6.12. The van der Waals surface area contributed by atoms with Crippen molar-refractivity contribution in [2.45, 2.75) is 52.5 Å². The summed E-state index contributed by atoms with van der Waals surface area (Å²) in [5.41, 5.74) is 9.39. The number of nitrogens with zero attached hydrogens (tertiary/aromatic N) is 3. The van der Waals surface area contributed by atoms with E-state index in [0.29, 0.717) is 0 Å². The van der Waals surface area contributed by atoms with E-state index >= 15 is 0 Å². The van der Waals surface area contributed by atoms with Crippen molar-refractivity contribution in [3.63, 3.8) is 0 Å². The zero-order chi connectivity index (χ0) is 20.5. The molecule has 154 valence electrons. The number of fused-ring (bicyclic) bond motifs is 2. The molecule has 3 aromatic heterocycles. The first-order chi connectivity index (χ1) is 14.8. The summed E-state index contributed by atoms with van der Waals surface area (Å²) in [6.45, 7) is 6.13. The molecule has 0 saturated heterocycles. The molecule has 1 aliphatic carbocycles. The molecule has 0 bridgehead atoms. The molecule has 0 aliphatic heterocycles. The molecule has 0 amide bonds. The summed E-state index contributed by atoms with van der Waals surface area (Å²) < 4.78 is 0. The minimum atomic E-state index is 0.845. The molecule has 0 saturated carbocycles. The van der Waals surface area contributed by atoms with Crippen molar-refractivity contribution in [2.24, 2.45) is 0 Å². The lowest BCUT2D eigenvalue weighted by Gasteiger charge is -2.13. The number of aryl methyl sites for hydroxylation is 2. The highest BCUT2D eigenvalue weighted by molar-refractivity contribution is 5.94. The first-order valence-electron chi connectivity index (χ1n) is 11.0. The first-order valence-corrected chi connectivity index (χ1v) is 11.0. The van der Waals surface area contributed by atoms with E-state index < -0.39 is 0 Å². The molecule has 3 heterocycles. The van der Waals surface area contributed by atoms with E-state index in [4.69, 9.17) is 4.98 Å². The van der Waals surface area contributed by atoms with Crippen LogP contribution >= 0.6 is 0 Å². The van der Waals surface area contributed by atoms with Gasteiger partial charge in [-0.25, -0.2) is 4.98 Å². The van der Waals surface area contributed by atoms with Crippen LogP contribution in [-0.4, -0.2) is 31.7 Å². The van der Waals surface area contributed by atoms with Crippen molar-refractivity contribution in [3.05, 3.63) is 53.1 Å². The number of imidazole rings is 1. The highest BCUT2D eigenvalue weighted by Gasteiger charge is 2.19. The van der Waals surface area contributed by atoms with Crippen molar-refractivity contribution in [3.8, 4) is 22.6 Å². The largest absolute Gasteiger partial charge is 0.340 e. The lowest BCUT2D eigenvalue weighted by molar-refractivity contribution is 0.667. The van der Waals surface area contributed by atoms with E-state index in [9.17, 15) is 0 Å². The van der Waals surface area contributed by atoms with Crippen molar-refractivity contribution >= 4 is 10.9 Å². The summed E-state index contributed by atoms with van der Waals surface area (Å²) in [6.07, 6.45) is 9.54. The Bertz CT molecular complexity index is 1160. The number of H-pyrrole nitrogens is 2. The van der Waals surface area contributed by atoms with Crippen LogP contribution < -0.4 is 5.32 Å². The summed E-state index contributed by atoms with van der Waals surface area (Å²) in [7, 11) is 0. The van der Waals surface area contributed by atoms with Crippen LogP contribution in [0.3, 0.4) is 0 Å². The highest BCUT2D eigenvalue weighted by atomic mass is 15.1. The van der Waals surface area contributed by atoms with Crippen LogP contribution in [0.25, 0.3) is 33.5 Å². The van der Waals surface area contributed by atoms with Gasteiger partial charge in [-0.1, -0.05) is 19.9 Å². The van der Waals surface area contributed by atoms with Gasteiger partial charge in [0.25, 0.3) is 0 Å². The number of pyridine rings is 1. The van der Waals surface area contributed by atoms with Gasteiger partial charge < -0.3 is 10.3 Å². The molecule has 0 unspecified atom stereocenters. The molecule has 6 nitrogen and oxygen atoms in total. The number of hydrogen-bond acceptors (Lipinski definition) is 4. The maximum Gasteiger partial charge on any atom is 0.159 e. The molecule has 4 aromatic rings. The molecule has 0 radical (unpaired) electrons. The minimum Gasteiger partial charge on any atom is -0.340 e. The first kappa shape index (κ1) is 19.0. The van der Waals surface area contributed by atoms with E-state index in [1.807, 2.05) is 12.4 Å². The molecule has 1 aromatic carbocycles. The lowest BCUT2D eigenvalue weighted by atomic mass is 9.95. The fraction of sp³-hybridized carbons (Fsp3) is 0.375. The Morgan fingerprint density at radius 3 is 2.83 bits per heavy atom. The smallest absolute Gasteiger partial charge is 0.159 e. The number of aromatic amines is 2.